The van der Waals surface area contributed by atoms with E-state index in [1.54, 1.807) is 0 Å². The lowest BCUT2D eigenvalue weighted by atomic mass is 10.0. The van der Waals surface area contributed by atoms with Crippen molar-refractivity contribution >= 4 is 0 Å². The predicted octanol–water partition coefficient (Wildman–Crippen LogP) is 1.09. The Morgan fingerprint density at radius 2 is 2.36 bits per heavy atom. The Kier molecular flexibility index (Phi) is 1.44. The first-order chi connectivity index (χ1) is 5.29. The van der Waals surface area contributed by atoms with Crippen molar-refractivity contribution in [1.82, 2.24) is 5.32 Å². The molecule has 1 aromatic rings. The van der Waals surface area contributed by atoms with Gasteiger partial charge in [-0.05, 0) is 18.1 Å². The van der Waals surface area contributed by atoms with E-state index in [1.807, 2.05) is 25.1 Å². The smallest absolute Gasteiger partial charge is 0.131 e. The van der Waals surface area contributed by atoms with Crippen molar-refractivity contribution in [2.45, 2.75) is 19.7 Å². The molecule has 2 heteroatoms. The van der Waals surface area contributed by atoms with Crippen molar-refractivity contribution in [3.8, 4) is 0 Å². The molecule has 0 radical (unpaired) electrons. The molecule has 1 heterocycles. The van der Waals surface area contributed by atoms with Gasteiger partial charge >= 0.3 is 0 Å². The molecular formula is C9H11NO. The quantitative estimate of drug-likeness (QED) is 0.578. The van der Waals surface area contributed by atoms with Gasteiger partial charge in [-0.2, -0.15) is 0 Å². The van der Waals surface area contributed by atoms with E-state index in [-0.39, 0.29) is 0 Å². The van der Waals surface area contributed by atoms with E-state index < -0.39 is 6.23 Å². The van der Waals surface area contributed by atoms with Crippen LogP contribution in [0.2, 0.25) is 0 Å². The molecule has 2 nitrogen and oxygen atoms in total. The molecule has 0 amide bonds. The molecule has 1 atom stereocenters. The highest BCUT2D eigenvalue weighted by Gasteiger charge is 2.20. The van der Waals surface area contributed by atoms with Gasteiger partial charge in [-0.3, -0.25) is 5.32 Å². The number of fused-ring (bicyclic) bond motifs is 1. The fourth-order valence-electron chi connectivity index (χ4n) is 1.60. The topological polar surface area (TPSA) is 32.3 Å². The number of hydrogen-bond acceptors (Lipinski definition) is 2. The monoisotopic (exact) mass is 149 g/mol. The molecule has 0 saturated heterocycles. The van der Waals surface area contributed by atoms with Crippen LogP contribution in [-0.4, -0.2) is 5.11 Å². The van der Waals surface area contributed by atoms with Gasteiger partial charge in [-0.1, -0.05) is 18.2 Å². The summed E-state index contributed by atoms with van der Waals surface area (Å²) in [6, 6.07) is 6.09. The van der Waals surface area contributed by atoms with Crippen LogP contribution in [0.3, 0.4) is 0 Å². The standard InChI is InChI=1S/C9H11NO/c1-6-3-2-4-7-5-10-9(11)8(6)7/h2-4,9-11H,5H2,1H3. The summed E-state index contributed by atoms with van der Waals surface area (Å²) in [6.45, 7) is 2.81. The van der Waals surface area contributed by atoms with Crippen molar-refractivity contribution in [2.24, 2.45) is 0 Å². The van der Waals surface area contributed by atoms with Gasteiger partial charge in [0.2, 0.25) is 0 Å². The molecule has 2 N–H and O–H groups in total. The number of benzene rings is 1. The summed E-state index contributed by atoms with van der Waals surface area (Å²) in [5.74, 6) is 0. The number of aliphatic hydroxyl groups is 1. The fraction of sp³-hybridized carbons (Fsp3) is 0.333. The Bertz CT molecular complexity index is 283. The number of hydrogen-bond donors (Lipinski definition) is 2. The van der Waals surface area contributed by atoms with Gasteiger partial charge in [0.05, 0.1) is 0 Å². The maximum atomic E-state index is 9.45. The third kappa shape index (κ3) is 0.951. The molecule has 2 rings (SSSR count). The van der Waals surface area contributed by atoms with E-state index in [0.29, 0.717) is 0 Å². The first-order valence-electron chi connectivity index (χ1n) is 3.79. The van der Waals surface area contributed by atoms with Crippen LogP contribution in [-0.2, 0) is 6.54 Å². The highest BCUT2D eigenvalue weighted by Crippen LogP contribution is 2.25. The number of nitrogens with one attached hydrogen (secondary N) is 1. The third-order valence-corrected chi connectivity index (χ3v) is 2.17. The summed E-state index contributed by atoms with van der Waals surface area (Å²) in [4.78, 5) is 0. The number of aliphatic hydroxyl groups excluding tert-OH is 1. The lowest BCUT2D eigenvalue weighted by Crippen LogP contribution is -2.10. The van der Waals surface area contributed by atoms with Crippen LogP contribution in [0.5, 0.6) is 0 Å². The third-order valence-electron chi connectivity index (χ3n) is 2.17. The summed E-state index contributed by atoms with van der Waals surface area (Å²) in [5, 5.41) is 12.4. The Morgan fingerprint density at radius 3 is 3.09 bits per heavy atom. The number of rotatable bonds is 0. The van der Waals surface area contributed by atoms with Gasteiger partial charge in [0.25, 0.3) is 0 Å². The summed E-state index contributed by atoms with van der Waals surface area (Å²) >= 11 is 0. The van der Waals surface area contributed by atoms with Gasteiger partial charge in [0.1, 0.15) is 6.23 Å². The maximum absolute atomic E-state index is 9.45. The Labute approximate surface area is 65.9 Å². The van der Waals surface area contributed by atoms with Crippen molar-refractivity contribution in [3.05, 3.63) is 34.9 Å². The van der Waals surface area contributed by atoms with E-state index in [4.69, 9.17) is 0 Å². The maximum Gasteiger partial charge on any atom is 0.131 e. The van der Waals surface area contributed by atoms with E-state index in [1.165, 1.54) is 11.1 Å². The second-order valence-corrected chi connectivity index (χ2v) is 2.93. The van der Waals surface area contributed by atoms with Crippen LogP contribution in [0.1, 0.15) is 22.9 Å². The Hall–Kier alpha value is -0.860. The van der Waals surface area contributed by atoms with Crippen LogP contribution in [0.4, 0.5) is 0 Å². The molecule has 0 saturated carbocycles. The zero-order valence-electron chi connectivity index (χ0n) is 6.46. The van der Waals surface area contributed by atoms with Crippen LogP contribution in [0.25, 0.3) is 0 Å². The Balaban J connectivity index is 2.58. The molecule has 0 aliphatic carbocycles. The van der Waals surface area contributed by atoms with Gasteiger partial charge in [-0.15, -0.1) is 0 Å². The van der Waals surface area contributed by atoms with Crippen LogP contribution in [0.15, 0.2) is 18.2 Å². The van der Waals surface area contributed by atoms with Crippen molar-refractivity contribution in [3.63, 3.8) is 0 Å². The zero-order valence-corrected chi connectivity index (χ0v) is 6.46. The molecule has 1 aromatic carbocycles. The molecule has 1 aliphatic heterocycles. The minimum atomic E-state index is -0.453. The molecule has 0 spiro atoms. The van der Waals surface area contributed by atoms with E-state index in [9.17, 15) is 5.11 Å². The van der Waals surface area contributed by atoms with E-state index in [0.717, 1.165) is 12.1 Å². The highest BCUT2D eigenvalue weighted by molar-refractivity contribution is 5.38. The van der Waals surface area contributed by atoms with Gasteiger partial charge in [0.15, 0.2) is 0 Å². The summed E-state index contributed by atoms with van der Waals surface area (Å²) < 4.78 is 0. The summed E-state index contributed by atoms with van der Waals surface area (Å²) in [7, 11) is 0. The van der Waals surface area contributed by atoms with Gasteiger partial charge in [0, 0.05) is 12.1 Å². The van der Waals surface area contributed by atoms with Crippen LogP contribution >= 0.6 is 0 Å². The Morgan fingerprint density at radius 1 is 1.55 bits per heavy atom. The average Bonchev–Trinajstić information content (AvgIpc) is 2.34. The normalized spacial score (nSPS) is 21.8. The predicted molar refractivity (Wildman–Crippen MR) is 43.0 cm³/mol. The second-order valence-electron chi connectivity index (χ2n) is 2.93. The number of aryl methyl sites for hydroxylation is 1. The van der Waals surface area contributed by atoms with Crippen molar-refractivity contribution in [2.75, 3.05) is 0 Å². The molecule has 1 aliphatic rings. The molecule has 11 heavy (non-hydrogen) atoms. The lowest BCUT2D eigenvalue weighted by molar-refractivity contribution is 0.151. The average molecular weight is 149 g/mol. The molecule has 58 valence electrons. The first kappa shape index (κ1) is 6.83. The fourth-order valence-corrected chi connectivity index (χ4v) is 1.60. The molecular weight excluding hydrogens is 138 g/mol. The van der Waals surface area contributed by atoms with Gasteiger partial charge in [-0.25, -0.2) is 0 Å². The van der Waals surface area contributed by atoms with Crippen LogP contribution < -0.4 is 5.32 Å². The van der Waals surface area contributed by atoms with Crippen molar-refractivity contribution < 1.29 is 5.11 Å². The SMILES string of the molecule is Cc1cccc2c1C(O)NC2. The largest absolute Gasteiger partial charge is 0.374 e. The van der Waals surface area contributed by atoms with Crippen molar-refractivity contribution in [1.29, 1.82) is 0 Å². The molecule has 0 fully saturated rings. The summed E-state index contributed by atoms with van der Waals surface area (Å²) in [6.07, 6.45) is -0.453. The summed E-state index contributed by atoms with van der Waals surface area (Å²) in [5.41, 5.74) is 3.45. The highest BCUT2D eigenvalue weighted by atomic mass is 16.3. The molecule has 0 aromatic heterocycles. The molecule has 0 bridgehead atoms. The first-order valence-corrected chi connectivity index (χ1v) is 3.79. The zero-order chi connectivity index (χ0) is 7.84. The van der Waals surface area contributed by atoms with Crippen LogP contribution in [0, 0.1) is 6.92 Å². The minimum absolute atomic E-state index is 0.453. The lowest BCUT2D eigenvalue weighted by Gasteiger charge is -2.06. The molecule has 1 unspecified atom stereocenters. The minimum Gasteiger partial charge on any atom is -0.374 e. The second kappa shape index (κ2) is 2.32. The van der Waals surface area contributed by atoms with Gasteiger partial charge < -0.3 is 5.11 Å². The van der Waals surface area contributed by atoms with E-state index in [2.05, 4.69) is 5.32 Å². The van der Waals surface area contributed by atoms with E-state index >= 15 is 0 Å².